The molecule has 0 saturated heterocycles. The Morgan fingerprint density at radius 1 is 1.33 bits per heavy atom. The lowest BCUT2D eigenvalue weighted by Crippen LogP contribution is -2.28. The molecule has 0 radical (unpaired) electrons. The van der Waals surface area contributed by atoms with Gasteiger partial charge in [0.15, 0.2) is 0 Å². The first-order chi connectivity index (χ1) is 10.3. The fourth-order valence-corrected chi connectivity index (χ4v) is 3.16. The van der Waals surface area contributed by atoms with Gasteiger partial charge in [-0.1, -0.05) is 31.2 Å². The minimum absolute atomic E-state index is 0.0614. The first kappa shape index (κ1) is 14.2. The zero-order valence-electron chi connectivity index (χ0n) is 12.3. The van der Waals surface area contributed by atoms with E-state index in [1.165, 1.54) is 17.3 Å². The zero-order chi connectivity index (χ0) is 14.7. The van der Waals surface area contributed by atoms with Crippen LogP contribution in [0.3, 0.4) is 0 Å². The van der Waals surface area contributed by atoms with Gasteiger partial charge in [-0.3, -0.25) is 4.98 Å². The van der Waals surface area contributed by atoms with Gasteiger partial charge in [0.1, 0.15) is 5.82 Å². The van der Waals surface area contributed by atoms with Crippen LogP contribution >= 0.6 is 0 Å². The molecule has 1 heterocycles. The number of aromatic nitrogens is 1. The summed E-state index contributed by atoms with van der Waals surface area (Å²) >= 11 is 0. The molecular weight excluding hydrogens is 263 g/mol. The number of benzene rings is 1. The summed E-state index contributed by atoms with van der Waals surface area (Å²) in [6.07, 6.45) is 6.08. The van der Waals surface area contributed by atoms with Crippen LogP contribution < -0.4 is 5.32 Å². The smallest absolute Gasteiger partial charge is 0.146 e. The van der Waals surface area contributed by atoms with Crippen molar-refractivity contribution in [2.45, 2.75) is 38.1 Å². The standard InChI is InChI=1S/C18H21FN2/c1-2-8-21-18(16-7-9-20-12-17(16)19)11-14-10-13-5-3-4-6-15(13)14/h3-7,9,12,14,18,21H,2,8,10-11H2,1H3. The molecule has 2 atom stereocenters. The fraction of sp³-hybridized carbons (Fsp3) is 0.389. The number of halogens is 1. The molecule has 0 aliphatic heterocycles. The lowest BCUT2D eigenvalue weighted by atomic mass is 9.74. The van der Waals surface area contributed by atoms with E-state index in [0.717, 1.165) is 31.4 Å². The topological polar surface area (TPSA) is 24.9 Å². The summed E-state index contributed by atoms with van der Waals surface area (Å²) < 4.78 is 14.0. The van der Waals surface area contributed by atoms with E-state index in [-0.39, 0.29) is 11.9 Å². The molecule has 2 unspecified atom stereocenters. The van der Waals surface area contributed by atoms with E-state index >= 15 is 0 Å². The van der Waals surface area contributed by atoms with Crippen molar-refractivity contribution in [1.82, 2.24) is 10.3 Å². The van der Waals surface area contributed by atoms with Crippen molar-refractivity contribution in [3.8, 4) is 0 Å². The Balaban J connectivity index is 1.77. The molecule has 0 saturated carbocycles. The van der Waals surface area contributed by atoms with Gasteiger partial charge in [0.2, 0.25) is 0 Å². The van der Waals surface area contributed by atoms with E-state index in [9.17, 15) is 4.39 Å². The third kappa shape index (κ3) is 2.98. The van der Waals surface area contributed by atoms with Crippen LogP contribution in [0.15, 0.2) is 42.7 Å². The minimum Gasteiger partial charge on any atom is -0.310 e. The third-order valence-electron chi connectivity index (χ3n) is 4.30. The summed E-state index contributed by atoms with van der Waals surface area (Å²) in [7, 11) is 0. The van der Waals surface area contributed by atoms with Crippen LogP contribution in [-0.2, 0) is 6.42 Å². The first-order valence-electron chi connectivity index (χ1n) is 7.70. The average Bonchev–Trinajstić information content (AvgIpc) is 2.49. The van der Waals surface area contributed by atoms with Crippen LogP contribution in [0.5, 0.6) is 0 Å². The molecule has 2 nitrogen and oxygen atoms in total. The highest BCUT2D eigenvalue weighted by Crippen LogP contribution is 2.40. The lowest BCUT2D eigenvalue weighted by Gasteiger charge is -2.33. The van der Waals surface area contributed by atoms with Gasteiger partial charge in [-0.25, -0.2) is 4.39 Å². The number of nitrogens with one attached hydrogen (secondary N) is 1. The molecule has 1 aliphatic rings. The number of hydrogen-bond acceptors (Lipinski definition) is 2. The van der Waals surface area contributed by atoms with Gasteiger partial charge in [-0.15, -0.1) is 0 Å². The molecule has 0 amide bonds. The summed E-state index contributed by atoms with van der Waals surface area (Å²) in [6, 6.07) is 10.4. The maximum Gasteiger partial charge on any atom is 0.146 e. The molecule has 1 aliphatic carbocycles. The van der Waals surface area contributed by atoms with Gasteiger partial charge in [-0.2, -0.15) is 0 Å². The Hall–Kier alpha value is -1.74. The Kier molecular flexibility index (Phi) is 4.30. The summed E-state index contributed by atoms with van der Waals surface area (Å²) in [4.78, 5) is 3.85. The Bertz CT molecular complexity index is 612. The zero-order valence-corrected chi connectivity index (χ0v) is 12.3. The average molecular weight is 284 g/mol. The number of rotatable bonds is 6. The predicted octanol–water partition coefficient (Wildman–Crippen LogP) is 3.99. The molecule has 110 valence electrons. The van der Waals surface area contributed by atoms with Gasteiger partial charge in [0.05, 0.1) is 6.20 Å². The summed E-state index contributed by atoms with van der Waals surface area (Å²) in [5.74, 6) is 0.321. The number of fused-ring (bicyclic) bond motifs is 1. The van der Waals surface area contributed by atoms with E-state index < -0.39 is 0 Å². The van der Waals surface area contributed by atoms with Crippen molar-refractivity contribution in [2.75, 3.05) is 6.54 Å². The lowest BCUT2D eigenvalue weighted by molar-refractivity contribution is 0.414. The number of hydrogen-bond donors (Lipinski definition) is 1. The normalized spacial score (nSPS) is 17.9. The van der Waals surface area contributed by atoms with Crippen LogP contribution in [0, 0.1) is 5.82 Å². The predicted molar refractivity (Wildman–Crippen MR) is 82.7 cm³/mol. The second kappa shape index (κ2) is 6.35. The van der Waals surface area contributed by atoms with Crippen molar-refractivity contribution in [1.29, 1.82) is 0 Å². The molecule has 0 fully saturated rings. The SMILES string of the molecule is CCCNC(CC1Cc2ccccc21)c1ccncc1F. The molecule has 2 aromatic rings. The fourth-order valence-electron chi connectivity index (χ4n) is 3.16. The van der Waals surface area contributed by atoms with E-state index in [2.05, 4.69) is 41.5 Å². The van der Waals surface area contributed by atoms with E-state index in [0.29, 0.717) is 5.92 Å². The van der Waals surface area contributed by atoms with Crippen LogP contribution in [-0.4, -0.2) is 11.5 Å². The Labute approximate surface area is 125 Å². The monoisotopic (exact) mass is 284 g/mol. The second-order valence-corrected chi connectivity index (χ2v) is 5.74. The van der Waals surface area contributed by atoms with Crippen LogP contribution in [0.25, 0.3) is 0 Å². The Morgan fingerprint density at radius 3 is 2.95 bits per heavy atom. The van der Waals surface area contributed by atoms with Crippen molar-refractivity contribution in [3.63, 3.8) is 0 Å². The molecule has 3 rings (SSSR count). The van der Waals surface area contributed by atoms with E-state index in [1.807, 2.05) is 0 Å². The molecule has 21 heavy (non-hydrogen) atoms. The summed E-state index contributed by atoms with van der Waals surface area (Å²) in [5, 5.41) is 3.49. The van der Waals surface area contributed by atoms with Crippen molar-refractivity contribution in [2.24, 2.45) is 0 Å². The molecular formula is C18H21FN2. The highest BCUT2D eigenvalue weighted by Gasteiger charge is 2.29. The Morgan fingerprint density at radius 2 is 2.19 bits per heavy atom. The molecule has 0 bridgehead atoms. The van der Waals surface area contributed by atoms with Crippen molar-refractivity contribution >= 4 is 0 Å². The van der Waals surface area contributed by atoms with Crippen molar-refractivity contribution in [3.05, 3.63) is 65.2 Å². The quantitative estimate of drug-likeness (QED) is 0.867. The van der Waals surface area contributed by atoms with Gasteiger partial charge in [0, 0.05) is 17.8 Å². The second-order valence-electron chi connectivity index (χ2n) is 5.74. The summed E-state index contributed by atoms with van der Waals surface area (Å²) in [5.41, 5.74) is 3.60. The highest BCUT2D eigenvalue weighted by atomic mass is 19.1. The maximum absolute atomic E-state index is 14.0. The van der Waals surface area contributed by atoms with E-state index in [4.69, 9.17) is 0 Å². The van der Waals surface area contributed by atoms with Gasteiger partial charge >= 0.3 is 0 Å². The minimum atomic E-state index is -0.210. The first-order valence-corrected chi connectivity index (χ1v) is 7.70. The van der Waals surface area contributed by atoms with Crippen LogP contribution in [0.1, 0.15) is 48.4 Å². The van der Waals surface area contributed by atoms with E-state index in [1.54, 1.807) is 12.3 Å². The molecule has 0 spiro atoms. The van der Waals surface area contributed by atoms with Crippen molar-refractivity contribution < 1.29 is 4.39 Å². The highest BCUT2D eigenvalue weighted by molar-refractivity contribution is 5.40. The van der Waals surface area contributed by atoms with Gasteiger partial charge in [0.25, 0.3) is 0 Å². The van der Waals surface area contributed by atoms with Crippen LogP contribution in [0.2, 0.25) is 0 Å². The molecule has 1 aromatic heterocycles. The molecule has 3 heteroatoms. The molecule has 1 N–H and O–H groups in total. The summed E-state index contributed by atoms with van der Waals surface area (Å²) in [6.45, 7) is 3.03. The van der Waals surface area contributed by atoms with Gasteiger partial charge in [-0.05, 0) is 48.9 Å². The number of pyridine rings is 1. The van der Waals surface area contributed by atoms with Crippen LogP contribution in [0.4, 0.5) is 4.39 Å². The third-order valence-corrected chi connectivity index (χ3v) is 4.30. The number of nitrogens with zero attached hydrogens (tertiary/aromatic N) is 1. The molecule has 1 aromatic carbocycles. The van der Waals surface area contributed by atoms with Gasteiger partial charge < -0.3 is 5.32 Å². The largest absolute Gasteiger partial charge is 0.310 e. The maximum atomic E-state index is 14.0.